The molecule has 0 aliphatic rings. The molecule has 0 unspecified atom stereocenters. The molecule has 21 heavy (non-hydrogen) atoms. The van der Waals surface area contributed by atoms with Crippen LogP contribution in [-0.4, -0.2) is 27.6 Å². The van der Waals surface area contributed by atoms with Crippen LogP contribution in [-0.2, 0) is 10.0 Å². The Bertz CT molecular complexity index is 724. The van der Waals surface area contributed by atoms with Gasteiger partial charge in [0.05, 0.1) is 14.2 Å². The molecule has 0 bridgehead atoms. The van der Waals surface area contributed by atoms with Crippen molar-refractivity contribution < 1.29 is 22.6 Å². The average molecular weight is 310 g/mol. The van der Waals surface area contributed by atoms with Crippen LogP contribution in [0.25, 0.3) is 0 Å². The molecule has 0 aliphatic heterocycles. The van der Waals surface area contributed by atoms with Crippen LogP contribution >= 0.6 is 0 Å². The highest BCUT2D eigenvalue weighted by Crippen LogP contribution is 2.40. The number of nitrogens with two attached hydrogens (primary N) is 1. The van der Waals surface area contributed by atoms with Crippen LogP contribution in [0.3, 0.4) is 0 Å². The van der Waals surface area contributed by atoms with Crippen molar-refractivity contribution in [3.05, 3.63) is 36.5 Å². The van der Waals surface area contributed by atoms with Gasteiger partial charge in [-0.15, -0.1) is 0 Å². The maximum Gasteiger partial charge on any atom is 0.243 e. The highest BCUT2D eigenvalue weighted by molar-refractivity contribution is 7.89. The van der Waals surface area contributed by atoms with Gasteiger partial charge in [-0.05, 0) is 24.3 Å². The molecule has 7 nitrogen and oxygen atoms in total. The fourth-order valence-corrected chi connectivity index (χ4v) is 2.29. The summed E-state index contributed by atoms with van der Waals surface area (Å²) < 4.78 is 39.0. The Morgan fingerprint density at radius 3 is 2.19 bits per heavy atom. The average Bonchev–Trinajstić information content (AvgIpc) is 2.47. The smallest absolute Gasteiger partial charge is 0.243 e. The first kappa shape index (κ1) is 15.1. The van der Waals surface area contributed by atoms with Crippen LogP contribution in [0.4, 0.5) is 0 Å². The van der Waals surface area contributed by atoms with E-state index in [0.717, 1.165) is 0 Å². The maximum absolute atomic E-state index is 11.5. The second-order valence-corrected chi connectivity index (χ2v) is 5.48. The standard InChI is InChI=1S/C13H14N2O5S/c1-18-9-5-3-6-10(19-2)12(9)20-13-11(21(14,16)17)7-4-8-15-13/h3-8H,1-2H3,(H2,14,16,17). The number of hydrogen-bond acceptors (Lipinski definition) is 6. The first-order chi connectivity index (χ1) is 9.97. The predicted octanol–water partition coefficient (Wildman–Crippen LogP) is 1.54. The largest absolute Gasteiger partial charge is 0.493 e. The lowest BCUT2D eigenvalue weighted by atomic mass is 10.3. The number of pyridine rings is 1. The van der Waals surface area contributed by atoms with Crippen molar-refractivity contribution in [2.75, 3.05) is 14.2 Å². The van der Waals surface area contributed by atoms with Gasteiger partial charge in [0.2, 0.25) is 21.7 Å². The van der Waals surface area contributed by atoms with Crippen molar-refractivity contribution in [1.29, 1.82) is 0 Å². The molecule has 2 N–H and O–H groups in total. The van der Waals surface area contributed by atoms with Crippen LogP contribution < -0.4 is 19.3 Å². The fourth-order valence-electron chi connectivity index (χ4n) is 1.68. The molecule has 0 spiro atoms. The molecule has 1 aromatic carbocycles. The van der Waals surface area contributed by atoms with Crippen molar-refractivity contribution in [3.63, 3.8) is 0 Å². The van der Waals surface area contributed by atoms with Crippen LogP contribution in [0, 0.1) is 0 Å². The van der Waals surface area contributed by atoms with E-state index < -0.39 is 10.0 Å². The van der Waals surface area contributed by atoms with Gasteiger partial charge >= 0.3 is 0 Å². The summed E-state index contributed by atoms with van der Waals surface area (Å²) in [6.45, 7) is 0. The number of hydrogen-bond donors (Lipinski definition) is 1. The topological polar surface area (TPSA) is 101 Å². The third-order valence-electron chi connectivity index (χ3n) is 2.62. The summed E-state index contributed by atoms with van der Waals surface area (Å²) in [5, 5.41) is 5.14. The maximum atomic E-state index is 11.5. The summed E-state index contributed by atoms with van der Waals surface area (Å²) in [5.74, 6) is 0.814. The Kier molecular flexibility index (Phi) is 4.29. The molecular weight excluding hydrogens is 296 g/mol. The minimum absolute atomic E-state index is 0.150. The predicted molar refractivity (Wildman–Crippen MR) is 75.2 cm³/mol. The van der Waals surface area contributed by atoms with E-state index in [4.69, 9.17) is 19.3 Å². The third-order valence-corrected chi connectivity index (χ3v) is 3.55. The minimum Gasteiger partial charge on any atom is -0.493 e. The van der Waals surface area contributed by atoms with Crippen LogP contribution in [0.1, 0.15) is 0 Å². The summed E-state index contributed by atoms with van der Waals surface area (Å²) in [4.78, 5) is 3.67. The van der Waals surface area contributed by atoms with Gasteiger partial charge in [-0.3, -0.25) is 0 Å². The zero-order valence-electron chi connectivity index (χ0n) is 11.4. The molecule has 0 amide bonds. The number of sulfonamides is 1. The van der Waals surface area contributed by atoms with E-state index in [2.05, 4.69) is 4.98 Å². The molecule has 2 aromatic rings. The zero-order valence-corrected chi connectivity index (χ0v) is 12.3. The highest BCUT2D eigenvalue weighted by Gasteiger charge is 2.20. The number of nitrogens with zero attached hydrogens (tertiary/aromatic N) is 1. The molecule has 0 fully saturated rings. The monoisotopic (exact) mass is 310 g/mol. The second kappa shape index (κ2) is 5.98. The van der Waals surface area contributed by atoms with E-state index in [0.29, 0.717) is 11.5 Å². The summed E-state index contributed by atoms with van der Waals surface area (Å²) in [6, 6.07) is 7.77. The Morgan fingerprint density at radius 1 is 1.05 bits per heavy atom. The zero-order chi connectivity index (χ0) is 15.5. The molecule has 0 saturated heterocycles. The lowest BCUT2D eigenvalue weighted by molar-refractivity contribution is 0.338. The number of primary sulfonamides is 1. The number of aromatic nitrogens is 1. The van der Waals surface area contributed by atoms with Gasteiger partial charge in [0.15, 0.2) is 11.5 Å². The van der Waals surface area contributed by atoms with Gasteiger partial charge < -0.3 is 14.2 Å². The summed E-state index contributed by atoms with van der Waals surface area (Å²) in [5.41, 5.74) is 0. The molecule has 8 heteroatoms. The molecule has 112 valence electrons. The van der Waals surface area contributed by atoms with Crippen LogP contribution in [0.15, 0.2) is 41.4 Å². The van der Waals surface area contributed by atoms with E-state index in [1.807, 2.05) is 0 Å². The molecule has 0 aliphatic carbocycles. The normalized spacial score (nSPS) is 11.0. The van der Waals surface area contributed by atoms with Crippen molar-refractivity contribution in [2.24, 2.45) is 5.14 Å². The van der Waals surface area contributed by atoms with Gasteiger partial charge in [-0.1, -0.05) is 6.07 Å². The second-order valence-electron chi connectivity index (χ2n) is 3.95. The van der Waals surface area contributed by atoms with Crippen LogP contribution in [0.5, 0.6) is 23.1 Å². The molecular formula is C13H14N2O5S. The molecule has 0 atom stereocenters. The SMILES string of the molecule is COc1cccc(OC)c1Oc1ncccc1S(N)(=O)=O. The van der Waals surface area contributed by atoms with Gasteiger partial charge in [0, 0.05) is 6.20 Å². The van der Waals surface area contributed by atoms with Gasteiger partial charge in [-0.2, -0.15) is 0 Å². The van der Waals surface area contributed by atoms with Gasteiger partial charge in [-0.25, -0.2) is 18.5 Å². The number of para-hydroxylation sites is 1. The summed E-state index contributed by atoms with van der Waals surface area (Å²) >= 11 is 0. The summed E-state index contributed by atoms with van der Waals surface area (Å²) in [7, 11) is -1.04. The minimum atomic E-state index is -3.96. The molecule has 1 aromatic heterocycles. The molecule has 0 saturated carbocycles. The molecule has 1 heterocycles. The first-order valence-electron chi connectivity index (χ1n) is 5.84. The highest BCUT2D eigenvalue weighted by atomic mass is 32.2. The van der Waals surface area contributed by atoms with Crippen molar-refractivity contribution in [2.45, 2.75) is 4.90 Å². The van der Waals surface area contributed by atoms with E-state index in [1.165, 1.54) is 32.5 Å². The summed E-state index contributed by atoms with van der Waals surface area (Å²) in [6.07, 6.45) is 1.39. The Morgan fingerprint density at radius 2 is 1.67 bits per heavy atom. The lowest BCUT2D eigenvalue weighted by Crippen LogP contribution is -2.14. The van der Waals surface area contributed by atoms with E-state index in [9.17, 15) is 8.42 Å². The Hall–Kier alpha value is -2.32. The number of methoxy groups -OCH3 is 2. The number of benzene rings is 1. The quantitative estimate of drug-likeness (QED) is 0.899. The van der Waals surface area contributed by atoms with Crippen LogP contribution in [0.2, 0.25) is 0 Å². The third kappa shape index (κ3) is 3.23. The first-order valence-corrected chi connectivity index (χ1v) is 7.38. The molecule has 2 rings (SSSR count). The fraction of sp³-hybridized carbons (Fsp3) is 0.154. The Balaban J connectivity index is 2.54. The lowest BCUT2D eigenvalue weighted by Gasteiger charge is -2.14. The number of rotatable bonds is 5. The Labute approximate surface area is 122 Å². The van der Waals surface area contributed by atoms with E-state index in [1.54, 1.807) is 18.2 Å². The van der Waals surface area contributed by atoms with Crippen molar-refractivity contribution in [1.82, 2.24) is 4.98 Å². The van der Waals surface area contributed by atoms with E-state index >= 15 is 0 Å². The van der Waals surface area contributed by atoms with Gasteiger partial charge in [0.25, 0.3) is 0 Å². The molecule has 0 radical (unpaired) electrons. The van der Waals surface area contributed by atoms with Crippen molar-refractivity contribution in [3.8, 4) is 23.1 Å². The van der Waals surface area contributed by atoms with E-state index in [-0.39, 0.29) is 16.5 Å². The van der Waals surface area contributed by atoms with Crippen molar-refractivity contribution >= 4 is 10.0 Å². The number of ether oxygens (including phenoxy) is 3. The van der Waals surface area contributed by atoms with Gasteiger partial charge in [0.1, 0.15) is 4.90 Å².